The summed E-state index contributed by atoms with van der Waals surface area (Å²) in [6.07, 6.45) is 11.7. The van der Waals surface area contributed by atoms with Crippen LogP contribution in [-0.2, 0) is 6.42 Å². The van der Waals surface area contributed by atoms with Crippen LogP contribution in [0.2, 0.25) is 0 Å². The van der Waals surface area contributed by atoms with Crippen molar-refractivity contribution in [2.24, 2.45) is 0 Å². The second-order valence-electron chi connectivity index (χ2n) is 7.67. The smallest absolute Gasteiger partial charge is 0.194 e. The Kier molecular flexibility index (Phi) is 5.89. The first kappa shape index (κ1) is 17.8. The van der Waals surface area contributed by atoms with Crippen LogP contribution in [0.25, 0.3) is 0 Å². The molecule has 2 aliphatic rings. The summed E-state index contributed by atoms with van der Waals surface area (Å²) in [7, 11) is 0. The standard InChI is InChI=1S/C21H29F3/c1-2-9-16-17(14-10-5-3-6-11-14)19(22)21(24)20(23)18(16)15-12-7-4-8-13-15/h14-15H,2-13H2,1H3. The predicted molar refractivity (Wildman–Crippen MR) is 92.0 cm³/mol. The van der Waals surface area contributed by atoms with Gasteiger partial charge in [-0.1, -0.05) is 51.9 Å². The number of halogens is 3. The maximum atomic E-state index is 14.8. The Morgan fingerprint density at radius 1 is 0.667 bits per heavy atom. The SMILES string of the molecule is CCCc1c(C2CCCCC2)c(F)c(F)c(F)c1C1CCCCC1. The molecule has 2 aliphatic carbocycles. The zero-order valence-electron chi connectivity index (χ0n) is 14.8. The third kappa shape index (κ3) is 3.36. The van der Waals surface area contributed by atoms with E-state index in [1.165, 1.54) is 12.8 Å². The minimum absolute atomic E-state index is 0.0674. The van der Waals surface area contributed by atoms with Gasteiger partial charge in [-0.2, -0.15) is 0 Å². The highest BCUT2D eigenvalue weighted by Gasteiger charge is 2.32. The van der Waals surface area contributed by atoms with Gasteiger partial charge in [0, 0.05) is 0 Å². The molecule has 3 heteroatoms. The van der Waals surface area contributed by atoms with Crippen molar-refractivity contribution in [2.45, 2.75) is 95.8 Å². The van der Waals surface area contributed by atoms with E-state index in [0.29, 0.717) is 17.5 Å². The summed E-state index contributed by atoms with van der Waals surface area (Å²) in [5.74, 6) is -2.89. The van der Waals surface area contributed by atoms with Crippen LogP contribution in [0.5, 0.6) is 0 Å². The van der Waals surface area contributed by atoms with Crippen LogP contribution < -0.4 is 0 Å². The van der Waals surface area contributed by atoms with Crippen molar-refractivity contribution < 1.29 is 13.2 Å². The Labute approximate surface area is 143 Å². The van der Waals surface area contributed by atoms with Crippen molar-refractivity contribution in [2.75, 3.05) is 0 Å². The number of hydrogen-bond donors (Lipinski definition) is 0. The van der Waals surface area contributed by atoms with Gasteiger partial charge in [-0.05, 0) is 60.6 Å². The molecule has 0 unspecified atom stereocenters. The van der Waals surface area contributed by atoms with Gasteiger partial charge in [0.05, 0.1) is 0 Å². The van der Waals surface area contributed by atoms with Crippen LogP contribution in [0.3, 0.4) is 0 Å². The molecule has 1 aromatic rings. The van der Waals surface area contributed by atoms with Crippen molar-refractivity contribution in [3.63, 3.8) is 0 Å². The molecule has 0 amide bonds. The molecule has 3 rings (SSSR count). The van der Waals surface area contributed by atoms with Gasteiger partial charge in [0.1, 0.15) is 0 Å². The molecule has 24 heavy (non-hydrogen) atoms. The fourth-order valence-corrected chi connectivity index (χ4v) is 4.90. The average Bonchev–Trinajstić information content (AvgIpc) is 2.62. The lowest BCUT2D eigenvalue weighted by Crippen LogP contribution is -2.19. The molecule has 0 atom stereocenters. The summed E-state index contributed by atoms with van der Waals surface area (Å²) < 4.78 is 44.0. The van der Waals surface area contributed by atoms with E-state index in [9.17, 15) is 13.2 Å². The summed E-state index contributed by atoms with van der Waals surface area (Å²) in [6.45, 7) is 2.04. The molecule has 0 N–H and O–H groups in total. The lowest BCUT2D eigenvalue weighted by atomic mass is 9.75. The van der Waals surface area contributed by atoms with Crippen molar-refractivity contribution >= 4 is 0 Å². The first-order valence-electron chi connectivity index (χ1n) is 9.84. The van der Waals surface area contributed by atoms with Gasteiger partial charge in [0.15, 0.2) is 17.5 Å². The van der Waals surface area contributed by atoms with E-state index in [1.807, 2.05) is 6.92 Å². The summed E-state index contributed by atoms with van der Waals surface area (Å²) in [5, 5.41) is 0. The minimum atomic E-state index is -1.23. The Hall–Kier alpha value is -0.990. The second kappa shape index (κ2) is 7.93. The monoisotopic (exact) mass is 338 g/mol. The van der Waals surface area contributed by atoms with E-state index < -0.39 is 17.5 Å². The minimum Gasteiger partial charge on any atom is -0.203 e. The van der Waals surface area contributed by atoms with E-state index in [4.69, 9.17) is 0 Å². The molecule has 0 spiro atoms. The first-order valence-corrected chi connectivity index (χ1v) is 9.84. The highest BCUT2D eigenvalue weighted by atomic mass is 19.2. The molecule has 1 aromatic carbocycles. The summed E-state index contributed by atoms with van der Waals surface area (Å²) in [5.41, 5.74) is 1.86. The highest BCUT2D eigenvalue weighted by molar-refractivity contribution is 5.43. The quantitative estimate of drug-likeness (QED) is 0.511. The largest absolute Gasteiger partial charge is 0.203 e. The first-order chi connectivity index (χ1) is 11.6. The van der Waals surface area contributed by atoms with Crippen molar-refractivity contribution in [1.29, 1.82) is 0 Å². The van der Waals surface area contributed by atoms with Crippen LogP contribution in [0, 0.1) is 17.5 Å². The zero-order chi connectivity index (χ0) is 17.1. The number of benzene rings is 1. The lowest BCUT2D eigenvalue weighted by Gasteiger charge is -2.30. The van der Waals surface area contributed by atoms with Crippen LogP contribution in [-0.4, -0.2) is 0 Å². The van der Waals surface area contributed by atoms with Gasteiger partial charge in [0.25, 0.3) is 0 Å². The normalized spacial score (nSPS) is 20.5. The predicted octanol–water partition coefficient (Wildman–Crippen LogP) is 7.15. The van der Waals surface area contributed by atoms with Gasteiger partial charge >= 0.3 is 0 Å². The van der Waals surface area contributed by atoms with E-state index in [1.54, 1.807) is 0 Å². The molecule has 0 aliphatic heterocycles. The molecule has 2 fully saturated rings. The average molecular weight is 338 g/mol. The molecular formula is C21H29F3. The van der Waals surface area contributed by atoms with Crippen LogP contribution in [0.4, 0.5) is 13.2 Å². The molecule has 134 valence electrons. The third-order valence-electron chi connectivity index (χ3n) is 6.04. The molecule has 0 nitrogen and oxygen atoms in total. The molecule has 0 aromatic heterocycles. The van der Waals surface area contributed by atoms with Crippen LogP contribution in [0.1, 0.15) is 106 Å². The third-order valence-corrected chi connectivity index (χ3v) is 6.04. The summed E-state index contributed by atoms with van der Waals surface area (Å²) >= 11 is 0. The van der Waals surface area contributed by atoms with Gasteiger partial charge in [-0.25, -0.2) is 13.2 Å². The Bertz CT molecular complexity index is 522. The van der Waals surface area contributed by atoms with E-state index in [0.717, 1.165) is 63.4 Å². The lowest BCUT2D eigenvalue weighted by molar-refractivity contribution is 0.377. The maximum Gasteiger partial charge on any atom is 0.194 e. The molecule has 0 radical (unpaired) electrons. The van der Waals surface area contributed by atoms with Gasteiger partial charge < -0.3 is 0 Å². The summed E-state index contributed by atoms with van der Waals surface area (Å²) in [4.78, 5) is 0. The molecule has 0 bridgehead atoms. The Morgan fingerprint density at radius 2 is 1.08 bits per heavy atom. The van der Waals surface area contributed by atoms with E-state index in [-0.39, 0.29) is 11.8 Å². The van der Waals surface area contributed by atoms with Gasteiger partial charge in [-0.3, -0.25) is 0 Å². The summed E-state index contributed by atoms with van der Waals surface area (Å²) in [6, 6.07) is 0. The molecular weight excluding hydrogens is 309 g/mol. The molecule has 2 saturated carbocycles. The maximum absolute atomic E-state index is 14.8. The fourth-order valence-electron chi connectivity index (χ4n) is 4.90. The Balaban J connectivity index is 2.13. The van der Waals surface area contributed by atoms with Crippen molar-refractivity contribution in [3.05, 3.63) is 34.1 Å². The van der Waals surface area contributed by atoms with E-state index in [2.05, 4.69) is 0 Å². The fraction of sp³-hybridized carbons (Fsp3) is 0.714. The topological polar surface area (TPSA) is 0 Å². The number of hydrogen-bond acceptors (Lipinski definition) is 0. The van der Waals surface area contributed by atoms with Crippen LogP contribution in [0.15, 0.2) is 0 Å². The van der Waals surface area contributed by atoms with Gasteiger partial charge in [-0.15, -0.1) is 0 Å². The van der Waals surface area contributed by atoms with Crippen LogP contribution >= 0.6 is 0 Å². The van der Waals surface area contributed by atoms with Gasteiger partial charge in [0.2, 0.25) is 0 Å². The highest BCUT2D eigenvalue weighted by Crippen LogP contribution is 2.44. The van der Waals surface area contributed by atoms with Crippen molar-refractivity contribution in [3.8, 4) is 0 Å². The molecule has 0 heterocycles. The second-order valence-corrected chi connectivity index (χ2v) is 7.67. The Morgan fingerprint density at radius 3 is 1.46 bits per heavy atom. The zero-order valence-corrected chi connectivity index (χ0v) is 14.8. The van der Waals surface area contributed by atoms with Crippen molar-refractivity contribution in [1.82, 2.24) is 0 Å². The molecule has 0 saturated heterocycles. The number of rotatable bonds is 4. The van der Waals surface area contributed by atoms with E-state index >= 15 is 0 Å².